The Kier molecular flexibility index (Phi) is 4.86. The summed E-state index contributed by atoms with van der Waals surface area (Å²) in [6.07, 6.45) is 0. The fourth-order valence-corrected chi connectivity index (χ4v) is 2.41. The van der Waals surface area contributed by atoms with Gasteiger partial charge >= 0.3 is 0 Å². The Bertz CT molecular complexity index is 403. The van der Waals surface area contributed by atoms with Crippen LogP contribution < -0.4 is 10.2 Å². The van der Waals surface area contributed by atoms with E-state index in [1.54, 1.807) is 0 Å². The SMILES string of the molecule is C=C(C)NCCN1CCN(c2ccc(C)cc2)CC1. The van der Waals surface area contributed by atoms with E-state index in [9.17, 15) is 0 Å². The van der Waals surface area contributed by atoms with Crippen LogP contribution in [0.4, 0.5) is 5.69 Å². The maximum absolute atomic E-state index is 3.86. The van der Waals surface area contributed by atoms with E-state index in [2.05, 4.69) is 52.9 Å². The lowest BCUT2D eigenvalue weighted by Crippen LogP contribution is -2.48. The van der Waals surface area contributed by atoms with E-state index in [1.807, 2.05) is 6.92 Å². The molecule has 104 valence electrons. The molecule has 1 N–H and O–H groups in total. The molecular weight excluding hydrogens is 234 g/mol. The van der Waals surface area contributed by atoms with Crippen LogP contribution in [0.1, 0.15) is 12.5 Å². The number of rotatable bonds is 5. The summed E-state index contributed by atoms with van der Waals surface area (Å²) in [4.78, 5) is 4.99. The van der Waals surface area contributed by atoms with Gasteiger partial charge in [-0.3, -0.25) is 4.90 Å². The van der Waals surface area contributed by atoms with Gasteiger partial charge in [0.2, 0.25) is 0 Å². The number of allylic oxidation sites excluding steroid dienone is 1. The molecule has 1 fully saturated rings. The number of hydrogen-bond donors (Lipinski definition) is 1. The first-order valence-electron chi connectivity index (χ1n) is 7.08. The maximum Gasteiger partial charge on any atom is 0.0367 e. The van der Waals surface area contributed by atoms with Gasteiger partial charge in [-0.25, -0.2) is 0 Å². The second kappa shape index (κ2) is 6.62. The number of benzene rings is 1. The Morgan fingerprint density at radius 1 is 1.16 bits per heavy atom. The van der Waals surface area contributed by atoms with E-state index in [0.717, 1.165) is 45.0 Å². The van der Waals surface area contributed by atoms with Crippen LogP contribution in [0.25, 0.3) is 0 Å². The number of hydrogen-bond acceptors (Lipinski definition) is 3. The third kappa shape index (κ3) is 4.28. The number of nitrogens with one attached hydrogen (secondary N) is 1. The minimum Gasteiger partial charge on any atom is -0.388 e. The summed E-state index contributed by atoms with van der Waals surface area (Å²) in [5.74, 6) is 0. The first-order valence-corrected chi connectivity index (χ1v) is 7.08. The summed E-state index contributed by atoms with van der Waals surface area (Å²) in [5.41, 5.74) is 3.73. The van der Waals surface area contributed by atoms with Crippen LogP contribution in [0.5, 0.6) is 0 Å². The monoisotopic (exact) mass is 259 g/mol. The maximum atomic E-state index is 3.86. The first kappa shape index (κ1) is 13.9. The quantitative estimate of drug-likeness (QED) is 0.875. The van der Waals surface area contributed by atoms with E-state index in [0.29, 0.717) is 0 Å². The van der Waals surface area contributed by atoms with Gasteiger partial charge < -0.3 is 10.2 Å². The molecule has 0 spiro atoms. The summed E-state index contributed by atoms with van der Waals surface area (Å²) >= 11 is 0. The third-order valence-corrected chi connectivity index (χ3v) is 3.63. The molecule has 1 aromatic rings. The molecule has 1 aromatic carbocycles. The minimum atomic E-state index is 1.000. The Balaban J connectivity index is 1.76. The number of anilines is 1. The first-order chi connectivity index (χ1) is 9.15. The highest BCUT2D eigenvalue weighted by molar-refractivity contribution is 5.47. The molecule has 0 atom stereocenters. The third-order valence-electron chi connectivity index (χ3n) is 3.63. The molecule has 0 amide bonds. The van der Waals surface area contributed by atoms with Crippen LogP contribution in [-0.2, 0) is 0 Å². The highest BCUT2D eigenvalue weighted by Crippen LogP contribution is 2.16. The van der Waals surface area contributed by atoms with Crippen molar-refractivity contribution in [3.05, 3.63) is 42.1 Å². The molecule has 1 heterocycles. The molecule has 0 radical (unpaired) electrons. The Labute approximate surface area is 116 Å². The van der Waals surface area contributed by atoms with Crippen LogP contribution in [0, 0.1) is 6.92 Å². The Morgan fingerprint density at radius 2 is 1.79 bits per heavy atom. The second-order valence-electron chi connectivity index (χ2n) is 5.37. The molecule has 0 aromatic heterocycles. The molecule has 0 saturated carbocycles. The lowest BCUT2D eigenvalue weighted by Gasteiger charge is -2.36. The van der Waals surface area contributed by atoms with Gasteiger partial charge in [-0.1, -0.05) is 24.3 Å². The molecule has 3 heteroatoms. The molecule has 2 rings (SSSR count). The van der Waals surface area contributed by atoms with Crippen molar-refractivity contribution in [3.8, 4) is 0 Å². The molecular formula is C16H25N3. The van der Waals surface area contributed by atoms with Crippen LogP contribution in [0.15, 0.2) is 36.5 Å². The Morgan fingerprint density at radius 3 is 2.37 bits per heavy atom. The highest BCUT2D eigenvalue weighted by Gasteiger charge is 2.16. The normalized spacial score (nSPS) is 16.4. The lowest BCUT2D eigenvalue weighted by atomic mass is 10.2. The van der Waals surface area contributed by atoms with Crippen molar-refractivity contribution in [2.75, 3.05) is 44.2 Å². The molecule has 0 bridgehead atoms. The predicted molar refractivity (Wildman–Crippen MR) is 82.6 cm³/mol. The van der Waals surface area contributed by atoms with Crippen molar-refractivity contribution in [2.24, 2.45) is 0 Å². The molecule has 3 nitrogen and oxygen atoms in total. The summed E-state index contributed by atoms with van der Waals surface area (Å²) < 4.78 is 0. The largest absolute Gasteiger partial charge is 0.388 e. The molecule has 0 aliphatic carbocycles. The van der Waals surface area contributed by atoms with E-state index < -0.39 is 0 Å². The van der Waals surface area contributed by atoms with Crippen molar-refractivity contribution < 1.29 is 0 Å². The zero-order valence-electron chi connectivity index (χ0n) is 12.2. The summed E-state index contributed by atoms with van der Waals surface area (Å²) in [6.45, 7) is 14.6. The number of nitrogens with zero attached hydrogens (tertiary/aromatic N) is 2. The van der Waals surface area contributed by atoms with Gasteiger partial charge in [-0.15, -0.1) is 0 Å². The summed E-state index contributed by atoms with van der Waals surface area (Å²) in [7, 11) is 0. The zero-order chi connectivity index (χ0) is 13.7. The smallest absolute Gasteiger partial charge is 0.0367 e. The summed E-state index contributed by atoms with van der Waals surface area (Å²) in [5, 5.41) is 3.29. The van der Waals surface area contributed by atoms with Gasteiger partial charge in [0.05, 0.1) is 0 Å². The van der Waals surface area contributed by atoms with E-state index in [1.165, 1.54) is 11.3 Å². The minimum absolute atomic E-state index is 1.000. The van der Waals surface area contributed by atoms with Gasteiger partial charge in [0.1, 0.15) is 0 Å². The van der Waals surface area contributed by atoms with Crippen molar-refractivity contribution in [1.29, 1.82) is 0 Å². The fraction of sp³-hybridized carbons (Fsp3) is 0.500. The zero-order valence-corrected chi connectivity index (χ0v) is 12.2. The van der Waals surface area contributed by atoms with Gasteiger partial charge in [-0.2, -0.15) is 0 Å². The van der Waals surface area contributed by atoms with Crippen molar-refractivity contribution in [3.63, 3.8) is 0 Å². The van der Waals surface area contributed by atoms with Crippen molar-refractivity contribution in [1.82, 2.24) is 10.2 Å². The standard InChI is InChI=1S/C16H25N3/c1-14(2)17-8-9-18-10-12-19(13-11-18)16-6-4-15(3)5-7-16/h4-7,17H,1,8-13H2,2-3H3. The van der Waals surface area contributed by atoms with Crippen LogP contribution in [-0.4, -0.2) is 44.2 Å². The fourth-order valence-electron chi connectivity index (χ4n) is 2.41. The average Bonchev–Trinajstić information content (AvgIpc) is 2.40. The van der Waals surface area contributed by atoms with Gasteiger partial charge in [0, 0.05) is 50.7 Å². The molecule has 1 aliphatic heterocycles. The highest BCUT2D eigenvalue weighted by atomic mass is 15.3. The predicted octanol–water partition coefficient (Wildman–Crippen LogP) is 2.24. The number of piperazine rings is 1. The van der Waals surface area contributed by atoms with E-state index in [-0.39, 0.29) is 0 Å². The van der Waals surface area contributed by atoms with Crippen LogP contribution in [0.2, 0.25) is 0 Å². The van der Waals surface area contributed by atoms with Gasteiger partial charge in [-0.05, 0) is 26.0 Å². The molecule has 19 heavy (non-hydrogen) atoms. The lowest BCUT2D eigenvalue weighted by molar-refractivity contribution is 0.260. The van der Waals surface area contributed by atoms with E-state index in [4.69, 9.17) is 0 Å². The summed E-state index contributed by atoms with van der Waals surface area (Å²) in [6, 6.07) is 8.85. The molecule has 1 aliphatic rings. The van der Waals surface area contributed by atoms with Crippen LogP contribution >= 0.6 is 0 Å². The van der Waals surface area contributed by atoms with Crippen molar-refractivity contribution >= 4 is 5.69 Å². The molecule has 0 unspecified atom stereocenters. The number of aryl methyl sites for hydroxylation is 1. The molecule has 1 saturated heterocycles. The topological polar surface area (TPSA) is 18.5 Å². The Hall–Kier alpha value is -1.48. The van der Waals surface area contributed by atoms with E-state index >= 15 is 0 Å². The van der Waals surface area contributed by atoms with Crippen LogP contribution in [0.3, 0.4) is 0 Å². The van der Waals surface area contributed by atoms with Gasteiger partial charge in [0.15, 0.2) is 0 Å². The van der Waals surface area contributed by atoms with Gasteiger partial charge in [0.25, 0.3) is 0 Å². The van der Waals surface area contributed by atoms with Crippen molar-refractivity contribution in [2.45, 2.75) is 13.8 Å². The average molecular weight is 259 g/mol. The second-order valence-corrected chi connectivity index (χ2v) is 5.37.